The fraction of sp³-hybridized carbons (Fsp3) is 1.00. The van der Waals surface area contributed by atoms with E-state index in [0.29, 0.717) is 24.3 Å². The summed E-state index contributed by atoms with van der Waals surface area (Å²) in [6, 6.07) is -0.376. The summed E-state index contributed by atoms with van der Waals surface area (Å²) in [6.07, 6.45) is -1.97. The predicted octanol–water partition coefficient (Wildman–Crippen LogP) is 1.58. The third-order valence-electron chi connectivity index (χ3n) is 2.39. The van der Waals surface area contributed by atoms with Crippen LogP contribution in [0.15, 0.2) is 0 Å². The zero-order valence-corrected chi connectivity index (χ0v) is 7.69. The van der Waals surface area contributed by atoms with Gasteiger partial charge in [-0.1, -0.05) is 6.42 Å². The largest absolute Gasteiger partial charge is 0.460 e. The third-order valence-corrected chi connectivity index (χ3v) is 2.39. The molecule has 1 aliphatic heterocycles. The summed E-state index contributed by atoms with van der Waals surface area (Å²) in [4.78, 5) is 0.646. The number of likely N-dealkylation sites (N-methyl/N-ethyl adjacent to an activating group) is 1. The van der Waals surface area contributed by atoms with E-state index in [-0.39, 0.29) is 12.6 Å². The highest BCUT2D eigenvalue weighted by molar-refractivity contribution is 4.79. The van der Waals surface area contributed by atoms with E-state index in [1.807, 2.05) is 0 Å². The molecule has 1 atom stereocenters. The van der Waals surface area contributed by atoms with Gasteiger partial charge in [0.15, 0.2) is 0 Å². The Hall–Kier alpha value is -0.290. The van der Waals surface area contributed by atoms with E-state index in [1.165, 1.54) is 0 Å². The van der Waals surface area contributed by atoms with Gasteiger partial charge in [-0.15, -0.1) is 0 Å². The highest BCUT2D eigenvalue weighted by Gasteiger charge is 2.42. The Balaban J connectivity index is 2.56. The highest BCUT2D eigenvalue weighted by Crippen LogP contribution is 2.29. The lowest BCUT2D eigenvalue weighted by molar-refractivity contribution is -0.263. The number of hydrogen-bond donors (Lipinski definition) is 1. The molecule has 0 aromatic rings. The first-order valence-corrected chi connectivity index (χ1v) is 4.54. The molecule has 13 heavy (non-hydrogen) atoms. The molecule has 1 saturated heterocycles. The zero-order valence-electron chi connectivity index (χ0n) is 7.69. The van der Waals surface area contributed by atoms with Crippen molar-refractivity contribution in [3.05, 3.63) is 0 Å². The molecule has 2 nitrogen and oxygen atoms in total. The molecule has 1 aliphatic rings. The minimum atomic E-state index is -4.16. The van der Waals surface area contributed by atoms with Gasteiger partial charge in [0.2, 0.25) is 0 Å². The van der Waals surface area contributed by atoms with Crippen molar-refractivity contribution in [2.24, 2.45) is 0 Å². The van der Waals surface area contributed by atoms with Crippen LogP contribution in [0, 0.1) is 0 Å². The highest BCUT2D eigenvalue weighted by atomic mass is 19.4. The van der Waals surface area contributed by atoms with Crippen molar-refractivity contribution >= 4 is 0 Å². The Morgan fingerprint density at radius 3 is 2.62 bits per heavy atom. The van der Waals surface area contributed by atoms with Gasteiger partial charge in [0.1, 0.15) is 0 Å². The molecule has 0 aromatic heterocycles. The zero-order chi connectivity index (χ0) is 9.90. The van der Waals surface area contributed by atoms with Gasteiger partial charge in [0.25, 0.3) is 0 Å². The Morgan fingerprint density at radius 2 is 2.08 bits per heavy atom. The van der Waals surface area contributed by atoms with E-state index in [9.17, 15) is 13.2 Å². The maximum atomic E-state index is 12.4. The van der Waals surface area contributed by atoms with Crippen molar-refractivity contribution in [2.45, 2.75) is 31.6 Å². The second kappa shape index (κ2) is 4.28. The molecule has 0 spiro atoms. The summed E-state index contributed by atoms with van der Waals surface area (Å²) in [5, 5.41) is 2.80. The van der Waals surface area contributed by atoms with Crippen LogP contribution in [0.2, 0.25) is 0 Å². The summed E-state index contributed by atoms with van der Waals surface area (Å²) < 4.78 is 37.2. The van der Waals surface area contributed by atoms with Crippen LogP contribution in [0.25, 0.3) is 0 Å². The smallest absolute Gasteiger partial charge is 0.318 e. The van der Waals surface area contributed by atoms with E-state index in [4.69, 9.17) is 0 Å². The standard InChI is InChI=1S/C8H15F3N2/c1-12-6-7-4-2-3-5-13(7)8(9,10)11/h7,12H,2-6H2,1H3. The van der Waals surface area contributed by atoms with Crippen LogP contribution in [0.5, 0.6) is 0 Å². The third kappa shape index (κ3) is 2.84. The number of likely N-dealkylation sites (tertiary alicyclic amines) is 1. The Labute approximate surface area is 76.1 Å². The van der Waals surface area contributed by atoms with Crippen molar-refractivity contribution in [3.8, 4) is 0 Å². The van der Waals surface area contributed by atoms with E-state index >= 15 is 0 Å². The molecule has 0 aromatic carbocycles. The molecule has 1 fully saturated rings. The molecule has 0 amide bonds. The number of alkyl halides is 3. The number of piperidine rings is 1. The first kappa shape index (κ1) is 10.8. The van der Waals surface area contributed by atoms with E-state index in [1.54, 1.807) is 7.05 Å². The molecule has 0 saturated carbocycles. The van der Waals surface area contributed by atoms with E-state index in [2.05, 4.69) is 5.32 Å². The van der Waals surface area contributed by atoms with Crippen LogP contribution < -0.4 is 5.32 Å². The Morgan fingerprint density at radius 1 is 1.38 bits per heavy atom. The maximum Gasteiger partial charge on any atom is 0.460 e. The number of halogens is 3. The van der Waals surface area contributed by atoms with Crippen LogP contribution in [0.3, 0.4) is 0 Å². The Bertz CT molecular complexity index is 156. The number of rotatable bonds is 2. The van der Waals surface area contributed by atoms with Gasteiger partial charge in [-0.2, -0.15) is 13.2 Å². The molecular formula is C8H15F3N2. The van der Waals surface area contributed by atoms with Crippen LogP contribution in [-0.2, 0) is 0 Å². The lowest BCUT2D eigenvalue weighted by Gasteiger charge is -2.36. The number of hydrogen-bond acceptors (Lipinski definition) is 2. The summed E-state index contributed by atoms with van der Waals surface area (Å²) >= 11 is 0. The van der Waals surface area contributed by atoms with Gasteiger partial charge >= 0.3 is 6.30 Å². The van der Waals surface area contributed by atoms with Crippen LogP contribution >= 0.6 is 0 Å². The molecule has 0 bridgehead atoms. The van der Waals surface area contributed by atoms with E-state index in [0.717, 1.165) is 6.42 Å². The van der Waals surface area contributed by atoms with Gasteiger partial charge in [-0.25, -0.2) is 4.90 Å². The van der Waals surface area contributed by atoms with Crippen molar-refractivity contribution < 1.29 is 13.2 Å². The van der Waals surface area contributed by atoms with Crippen molar-refractivity contribution in [1.29, 1.82) is 0 Å². The predicted molar refractivity (Wildman–Crippen MR) is 44.3 cm³/mol. The number of nitrogens with one attached hydrogen (secondary N) is 1. The molecule has 1 unspecified atom stereocenters. The Kier molecular flexibility index (Phi) is 3.55. The minimum Gasteiger partial charge on any atom is -0.318 e. The molecule has 1 N–H and O–H groups in total. The molecule has 0 aliphatic carbocycles. The van der Waals surface area contributed by atoms with Gasteiger partial charge in [0.05, 0.1) is 0 Å². The van der Waals surface area contributed by atoms with E-state index < -0.39 is 6.30 Å². The maximum absolute atomic E-state index is 12.4. The lowest BCUT2D eigenvalue weighted by atomic mass is 10.0. The first-order valence-electron chi connectivity index (χ1n) is 4.54. The topological polar surface area (TPSA) is 15.3 Å². The lowest BCUT2D eigenvalue weighted by Crippen LogP contribution is -2.51. The van der Waals surface area contributed by atoms with Crippen molar-refractivity contribution in [3.63, 3.8) is 0 Å². The molecular weight excluding hydrogens is 181 g/mol. The van der Waals surface area contributed by atoms with Gasteiger partial charge < -0.3 is 5.32 Å². The SMILES string of the molecule is CNCC1CCCCN1C(F)(F)F. The quantitative estimate of drug-likeness (QED) is 0.674. The van der Waals surface area contributed by atoms with Crippen LogP contribution in [0.4, 0.5) is 13.2 Å². The van der Waals surface area contributed by atoms with Crippen LogP contribution in [-0.4, -0.2) is 37.4 Å². The molecule has 1 rings (SSSR count). The fourth-order valence-corrected chi connectivity index (χ4v) is 1.78. The average molecular weight is 196 g/mol. The average Bonchev–Trinajstić information content (AvgIpc) is 2.04. The second-order valence-electron chi connectivity index (χ2n) is 3.37. The molecule has 5 heteroatoms. The summed E-state index contributed by atoms with van der Waals surface area (Å²) in [7, 11) is 1.68. The van der Waals surface area contributed by atoms with Crippen LogP contribution in [0.1, 0.15) is 19.3 Å². The van der Waals surface area contributed by atoms with Gasteiger partial charge in [-0.3, -0.25) is 0 Å². The molecule has 1 heterocycles. The summed E-state index contributed by atoms with van der Waals surface area (Å²) in [5.41, 5.74) is 0. The van der Waals surface area contributed by atoms with Crippen molar-refractivity contribution in [1.82, 2.24) is 10.2 Å². The fourth-order valence-electron chi connectivity index (χ4n) is 1.78. The van der Waals surface area contributed by atoms with Gasteiger partial charge in [-0.05, 0) is 19.9 Å². The molecule has 78 valence electrons. The minimum absolute atomic E-state index is 0.149. The van der Waals surface area contributed by atoms with Gasteiger partial charge in [0, 0.05) is 19.1 Å². The second-order valence-corrected chi connectivity index (χ2v) is 3.37. The summed E-state index contributed by atoms with van der Waals surface area (Å²) in [6.45, 7) is 0.565. The first-order chi connectivity index (χ1) is 6.05. The normalized spacial score (nSPS) is 26.3. The summed E-state index contributed by atoms with van der Waals surface area (Å²) in [5.74, 6) is 0. The number of nitrogens with zero attached hydrogens (tertiary/aromatic N) is 1. The van der Waals surface area contributed by atoms with Crippen molar-refractivity contribution in [2.75, 3.05) is 20.1 Å². The monoisotopic (exact) mass is 196 g/mol. The molecule has 0 radical (unpaired) electrons.